The fourth-order valence-electron chi connectivity index (χ4n) is 1.57. The van der Waals surface area contributed by atoms with Gasteiger partial charge in [-0.25, -0.2) is 4.98 Å². The van der Waals surface area contributed by atoms with Gasteiger partial charge in [-0.2, -0.15) is 0 Å². The number of rotatable bonds is 3. The second-order valence-corrected chi connectivity index (χ2v) is 3.60. The van der Waals surface area contributed by atoms with E-state index in [-0.39, 0.29) is 11.7 Å². The summed E-state index contributed by atoms with van der Waals surface area (Å²) in [7, 11) is 0. The number of ketones is 1. The molecule has 76 valence electrons. The summed E-state index contributed by atoms with van der Waals surface area (Å²) in [5.74, 6) is 1.73. The topological polar surface area (TPSA) is 52.3 Å². The van der Waals surface area contributed by atoms with E-state index in [4.69, 9.17) is 9.15 Å². The van der Waals surface area contributed by atoms with Gasteiger partial charge in [0.05, 0.1) is 25.1 Å². The fraction of sp³-hybridized carbons (Fsp3) is 0.600. The van der Waals surface area contributed by atoms with Gasteiger partial charge in [0.15, 0.2) is 5.89 Å². The van der Waals surface area contributed by atoms with Crippen molar-refractivity contribution in [3.8, 4) is 0 Å². The van der Waals surface area contributed by atoms with Gasteiger partial charge in [0, 0.05) is 6.61 Å². The van der Waals surface area contributed by atoms with Gasteiger partial charge in [-0.15, -0.1) is 0 Å². The maximum Gasteiger partial charge on any atom is 0.199 e. The predicted molar refractivity (Wildman–Crippen MR) is 49.1 cm³/mol. The lowest BCUT2D eigenvalue weighted by atomic mass is 10.1. The number of aromatic nitrogens is 1. The Morgan fingerprint density at radius 1 is 1.71 bits per heavy atom. The standard InChI is InChI=1S/C10H13NO3/c1-7(12)4-9-5-11-10(14-9)8-2-3-13-6-8/h5,8H,2-4,6H2,1H3. The zero-order valence-corrected chi connectivity index (χ0v) is 8.16. The molecule has 14 heavy (non-hydrogen) atoms. The lowest BCUT2D eigenvalue weighted by molar-refractivity contribution is -0.116. The highest BCUT2D eigenvalue weighted by atomic mass is 16.5. The second-order valence-electron chi connectivity index (χ2n) is 3.60. The molecule has 0 bridgehead atoms. The van der Waals surface area contributed by atoms with Crippen LogP contribution in [0.15, 0.2) is 10.6 Å². The van der Waals surface area contributed by atoms with E-state index in [1.165, 1.54) is 0 Å². The Balaban J connectivity index is 2.05. The summed E-state index contributed by atoms with van der Waals surface area (Å²) in [4.78, 5) is 15.0. The van der Waals surface area contributed by atoms with E-state index >= 15 is 0 Å². The molecule has 1 aliphatic rings. The Labute approximate surface area is 82.3 Å². The van der Waals surface area contributed by atoms with Crippen LogP contribution in [0, 0.1) is 0 Å². The molecule has 4 nitrogen and oxygen atoms in total. The second kappa shape index (κ2) is 3.92. The van der Waals surface area contributed by atoms with Crippen molar-refractivity contribution in [3.63, 3.8) is 0 Å². The molecule has 0 radical (unpaired) electrons. The molecule has 1 aromatic rings. The molecular weight excluding hydrogens is 182 g/mol. The number of carbonyl (C=O) groups is 1. The maximum absolute atomic E-state index is 10.8. The van der Waals surface area contributed by atoms with Crippen molar-refractivity contribution in [2.45, 2.75) is 25.7 Å². The van der Waals surface area contributed by atoms with Crippen molar-refractivity contribution in [2.24, 2.45) is 0 Å². The van der Waals surface area contributed by atoms with E-state index in [0.717, 1.165) is 13.0 Å². The van der Waals surface area contributed by atoms with Crippen molar-refractivity contribution >= 4 is 5.78 Å². The van der Waals surface area contributed by atoms with Crippen molar-refractivity contribution in [1.29, 1.82) is 0 Å². The largest absolute Gasteiger partial charge is 0.445 e. The first kappa shape index (κ1) is 9.40. The highest BCUT2D eigenvalue weighted by Crippen LogP contribution is 2.24. The van der Waals surface area contributed by atoms with Gasteiger partial charge in [-0.3, -0.25) is 4.79 Å². The number of Topliss-reactive ketones (excluding diaryl/α,β-unsaturated/α-hetero) is 1. The first-order valence-corrected chi connectivity index (χ1v) is 4.77. The molecule has 1 saturated heterocycles. The minimum atomic E-state index is 0.0929. The third-order valence-corrected chi connectivity index (χ3v) is 2.27. The van der Waals surface area contributed by atoms with Gasteiger partial charge in [0.1, 0.15) is 11.5 Å². The predicted octanol–water partition coefficient (Wildman–Crippen LogP) is 1.31. The highest BCUT2D eigenvalue weighted by molar-refractivity contribution is 5.77. The lowest BCUT2D eigenvalue weighted by Crippen LogP contribution is -1.97. The van der Waals surface area contributed by atoms with Crippen LogP contribution in [0.4, 0.5) is 0 Å². The number of nitrogens with zero attached hydrogens (tertiary/aromatic N) is 1. The molecule has 1 unspecified atom stereocenters. The normalized spacial score (nSPS) is 21.4. The molecule has 1 aromatic heterocycles. The quantitative estimate of drug-likeness (QED) is 0.729. The molecule has 0 spiro atoms. The van der Waals surface area contributed by atoms with E-state index in [9.17, 15) is 4.79 Å². The average molecular weight is 195 g/mol. The minimum Gasteiger partial charge on any atom is -0.445 e. The van der Waals surface area contributed by atoms with E-state index in [2.05, 4.69) is 4.98 Å². The van der Waals surface area contributed by atoms with Gasteiger partial charge in [-0.05, 0) is 13.3 Å². The molecule has 0 amide bonds. The Morgan fingerprint density at radius 2 is 2.57 bits per heavy atom. The van der Waals surface area contributed by atoms with Crippen LogP contribution in [-0.4, -0.2) is 24.0 Å². The van der Waals surface area contributed by atoms with Crippen molar-refractivity contribution in [1.82, 2.24) is 4.98 Å². The zero-order valence-electron chi connectivity index (χ0n) is 8.16. The van der Waals surface area contributed by atoms with E-state index in [0.29, 0.717) is 24.7 Å². The third-order valence-electron chi connectivity index (χ3n) is 2.27. The summed E-state index contributed by atoms with van der Waals surface area (Å²) >= 11 is 0. The number of carbonyl (C=O) groups excluding carboxylic acids is 1. The molecular formula is C10H13NO3. The molecule has 2 heterocycles. The first-order valence-electron chi connectivity index (χ1n) is 4.77. The zero-order chi connectivity index (χ0) is 9.97. The van der Waals surface area contributed by atoms with Crippen LogP contribution in [0.25, 0.3) is 0 Å². The lowest BCUT2D eigenvalue weighted by Gasteiger charge is -1.99. The van der Waals surface area contributed by atoms with Gasteiger partial charge in [0.2, 0.25) is 0 Å². The molecule has 1 aliphatic heterocycles. The summed E-state index contributed by atoms with van der Waals surface area (Å²) in [6, 6.07) is 0. The monoisotopic (exact) mass is 195 g/mol. The van der Waals surface area contributed by atoms with Gasteiger partial charge in [0.25, 0.3) is 0 Å². The molecule has 0 aromatic carbocycles. The Morgan fingerprint density at radius 3 is 3.21 bits per heavy atom. The SMILES string of the molecule is CC(=O)Cc1cnc(C2CCOC2)o1. The van der Waals surface area contributed by atoms with E-state index < -0.39 is 0 Å². The summed E-state index contributed by atoms with van der Waals surface area (Å²) in [6.45, 7) is 3.00. The van der Waals surface area contributed by atoms with Crippen LogP contribution in [0.1, 0.15) is 30.9 Å². The Hall–Kier alpha value is -1.16. The van der Waals surface area contributed by atoms with Crippen LogP contribution in [-0.2, 0) is 16.0 Å². The first-order chi connectivity index (χ1) is 6.75. The van der Waals surface area contributed by atoms with Crippen molar-refractivity contribution in [2.75, 3.05) is 13.2 Å². The Bertz CT molecular complexity index is 326. The molecule has 1 fully saturated rings. The Kier molecular flexibility index (Phi) is 2.63. The molecule has 0 N–H and O–H groups in total. The van der Waals surface area contributed by atoms with E-state index in [1.54, 1.807) is 13.1 Å². The number of ether oxygens (including phenoxy) is 1. The maximum atomic E-state index is 10.8. The summed E-state index contributed by atoms with van der Waals surface area (Å²) < 4.78 is 10.7. The summed E-state index contributed by atoms with van der Waals surface area (Å²) in [5, 5.41) is 0. The van der Waals surface area contributed by atoms with Gasteiger partial charge < -0.3 is 9.15 Å². The smallest absolute Gasteiger partial charge is 0.199 e. The molecule has 1 atom stereocenters. The van der Waals surface area contributed by atoms with Crippen LogP contribution in [0.3, 0.4) is 0 Å². The minimum absolute atomic E-state index is 0.0929. The van der Waals surface area contributed by atoms with Crippen LogP contribution >= 0.6 is 0 Å². The van der Waals surface area contributed by atoms with Gasteiger partial charge in [-0.1, -0.05) is 0 Å². The number of oxazole rings is 1. The average Bonchev–Trinajstić information content (AvgIpc) is 2.69. The van der Waals surface area contributed by atoms with Crippen LogP contribution in [0.2, 0.25) is 0 Å². The van der Waals surface area contributed by atoms with Crippen molar-refractivity contribution < 1.29 is 13.9 Å². The molecule has 4 heteroatoms. The van der Waals surface area contributed by atoms with Gasteiger partial charge >= 0.3 is 0 Å². The van der Waals surface area contributed by atoms with Crippen LogP contribution < -0.4 is 0 Å². The van der Waals surface area contributed by atoms with E-state index in [1.807, 2.05) is 0 Å². The third kappa shape index (κ3) is 2.01. The summed E-state index contributed by atoms with van der Waals surface area (Å²) in [6.07, 6.45) is 2.93. The number of hydrogen-bond donors (Lipinski definition) is 0. The molecule has 0 aliphatic carbocycles. The molecule has 0 saturated carbocycles. The number of hydrogen-bond acceptors (Lipinski definition) is 4. The molecule has 2 rings (SSSR count). The fourth-order valence-corrected chi connectivity index (χ4v) is 1.57. The van der Waals surface area contributed by atoms with Crippen molar-refractivity contribution in [3.05, 3.63) is 17.8 Å². The van der Waals surface area contributed by atoms with Crippen LogP contribution in [0.5, 0.6) is 0 Å². The highest BCUT2D eigenvalue weighted by Gasteiger charge is 2.22. The summed E-state index contributed by atoms with van der Waals surface area (Å²) in [5.41, 5.74) is 0.